The largest absolute Gasteiger partial charge is 0.337 e. The van der Waals surface area contributed by atoms with Crippen molar-refractivity contribution in [2.45, 2.75) is 32.6 Å². The third-order valence-electron chi connectivity index (χ3n) is 4.05. The minimum absolute atomic E-state index is 0.0651. The van der Waals surface area contributed by atoms with E-state index in [1.165, 1.54) is 25.0 Å². The molecule has 0 saturated carbocycles. The van der Waals surface area contributed by atoms with Crippen LogP contribution in [-0.4, -0.2) is 33.9 Å². The molecule has 2 aromatic rings. The van der Waals surface area contributed by atoms with Gasteiger partial charge >= 0.3 is 0 Å². The Bertz CT molecular complexity index is 727. The number of amides is 1. The van der Waals surface area contributed by atoms with Crippen molar-refractivity contribution < 1.29 is 9.18 Å². The van der Waals surface area contributed by atoms with Gasteiger partial charge in [0.2, 0.25) is 5.95 Å². The molecular formula is C18H21FN4O. The van der Waals surface area contributed by atoms with Crippen molar-refractivity contribution in [1.82, 2.24) is 14.9 Å². The van der Waals surface area contributed by atoms with E-state index in [4.69, 9.17) is 0 Å². The second kappa shape index (κ2) is 7.38. The zero-order chi connectivity index (χ0) is 16.9. The number of aryl methyl sites for hydroxylation is 1. The normalized spacial score (nSPS) is 15.0. The molecule has 0 bridgehead atoms. The van der Waals surface area contributed by atoms with Gasteiger partial charge in [-0.15, -0.1) is 0 Å². The Kier molecular flexibility index (Phi) is 5.03. The molecule has 0 radical (unpaired) electrons. The number of aromatic nitrogens is 2. The molecule has 126 valence electrons. The first kappa shape index (κ1) is 16.4. The molecule has 1 aliphatic rings. The first-order valence-corrected chi connectivity index (χ1v) is 8.29. The maximum Gasteiger partial charge on any atom is 0.272 e. The smallest absolute Gasteiger partial charge is 0.272 e. The van der Waals surface area contributed by atoms with Crippen molar-refractivity contribution in [3.63, 3.8) is 0 Å². The number of benzene rings is 1. The van der Waals surface area contributed by atoms with Crippen LogP contribution in [0.15, 0.2) is 30.3 Å². The lowest BCUT2D eigenvalue weighted by atomic mass is 10.2. The van der Waals surface area contributed by atoms with Gasteiger partial charge in [0.05, 0.1) is 0 Å². The number of nitrogens with one attached hydrogen (secondary N) is 1. The first-order valence-electron chi connectivity index (χ1n) is 8.29. The minimum atomic E-state index is -0.339. The predicted molar refractivity (Wildman–Crippen MR) is 90.8 cm³/mol. The molecule has 1 aromatic heterocycles. The van der Waals surface area contributed by atoms with Crippen molar-refractivity contribution >= 4 is 17.5 Å². The van der Waals surface area contributed by atoms with Gasteiger partial charge in [-0.3, -0.25) is 4.79 Å². The molecule has 1 aromatic carbocycles. The van der Waals surface area contributed by atoms with E-state index in [0.29, 0.717) is 23.0 Å². The maximum atomic E-state index is 13.3. The molecule has 0 spiro atoms. The molecular weight excluding hydrogens is 307 g/mol. The summed E-state index contributed by atoms with van der Waals surface area (Å²) in [6.45, 7) is 3.36. The zero-order valence-electron chi connectivity index (χ0n) is 13.8. The van der Waals surface area contributed by atoms with Gasteiger partial charge in [-0.2, -0.15) is 0 Å². The lowest BCUT2D eigenvalue weighted by Crippen LogP contribution is -2.32. The molecule has 2 heterocycles. The average Bonchev–Trinajstić information content (AvgIpc) is 2.83. The van der Waals surface area contributed by atoms with Crippen LogP contribution < -0.4 is 5.32 Å². The number of likely N-dealkylation sites (tertiary alicyclic amines) is 1. The summed E-state index contributed by atoms with van der Waals surface area (Å²) in [6.07, 6.45) is 4.40. The van der Waals surface area contributed by atoms with Crippen LogP contribution in [0.4, 0.5) is 16.0 Å². The third-order valence-corrected chi connectivity index (χ3v) is 4.05. The van der Waals surface area contributed by atoms with E-state index in [-0.39, 0.29) is 11.7 Å². The van der Waals surface area contributed by atoms with Crippen LogP contribution in [0.1, 0.15) is 41.9 Å². The fraction of sp³-hybridized carbons (Fsp3) is 0.389. The predicted octanol–water partition coefficient (Wildman–Crippen LogP) is 3.68. The molecule has 3 rings (SSSR count). The molecule has 1 N–H and O–H groups in total. The number of hydrogen-bond donors (Lipinski definition) is 1. The molecule has 0 aliphatic carbocycles. The lowest BCUT2D eigenvalue weighted by molar-refractivity contribution is 0.0755. The Morgan fingerprint density at radius 3 is 2.58 bits per heavy atom. The molecule has 5 nitrogen and oxygen atoms in total. The second-order valence-corrected chi connectivity index (χ2v) is 6.06. The highest BCUT2D eigenvalue weighted by atomic mass is 19.1. The van der Waals surface area contributed by atoms with Crippen molar-refractivity contribution in [3.8, 4) is 0 Å². The van der Waals surface area contributed by atoms with Gasteiger partial charge in [0.1, 0.15) is 11.5 Å². The van der Waals surface area contributed by atoms with Gasteiger partial charge in [0.15, 0.2) is 0 Å². The number of halogens is 1. The van der Waals surface area contributed by atoms with E-state index in [1.807, 2.05) is 11.8 Å². The van der Waals surface area contributed by atoms with E-state index in [0.717, 1.165) is 25.9 Å². The van der Waals surface area contributed by atoms with Crippen LogP contribution in [0.3, 0.4) is 0 Å². The van der Waals surface area contributed by atoms with Gasteiger partial charge in [0, 0.05) is 24.5 Å². The summed E-state index contributed by atoms with van der Waals surface area (Å²) in [5.74, 6) is -0.100. The highest BCUT2D eigenvalue weighted by Crippen LogP contribution is 2.17. The van der Waals surface area contributed by atoms with Crippen LogP contribution in [0, 0.1) is 12.7 Å². The molecule has 1 saturated heterocycles. The van der Waals surface area contributed by atoms with E-state index in [9.17, 15) is 9.18 Å². The summed E-state index contributed by atoms with van der Waals surface area (Å²) >= 11 is 0. The zero-order valence-corrected chi connectivity index (χ0v) is 13.8. The number of carbonyl (C=O) groups is 1. The number of rotatable bonds is 3. The van der Waals surface area contributed by atoms with Crippen LogP contribution in [0.25, 0.3) is 0 Å². The number of anilines is 2. The Hall–Kier alpha value is -2.50. The molecule has 0 unspecified atom stereocenters. The summed E-state index contributed by atoms with van der Waals surface area (Å²) in [4.78, 5) is 23.2. The van der Waals surface area contributed by atoms with Gasteiger partial charge in [-0.1, -0.05) is 18.9 Å². The van der Waals surface area contributed by atoms with Gasteiger partial charge in [0.25, 0.3) is 5.91 Å². The van der Waals surface area contributed by atoms with Crippen LogP contribution >= 0.6 is 0 Å². The summed E-state index contributed by atoms with van der Waals surface area (Å²) in [5.41, 5.74) is 1.62. The van der Waals surface area contributed by atoms with Gasteiger partial charge in [-0.25, -0.2) is 14.4 Å². The fourth-order valence-corrected chi connectivity index (χ4v) is 2.87. The topological polar surface area (TPSA) is 58.1 Å². The molecule has 24 heavy (non-hydrogen) atoms. The van der Waals surface area contributed by atoms with Crippen LogP contribution in [0.2, 0.25) is 0 Å². The van der Waals surface area contributed by atoms with Crippen molar-refractivity contribution in [2.75, 3.05) is 18.4 Å². The number of nitrogens with zero attached hydrogens (tertiary/aromatic N) is 3. The third kappa shape index (κ3) is 4.07. The second-order valence-electron chi connectivity index (χ2n) is 6.06. The summed E-state index contributed by atoms with van der Waals surface area (Å²) in [6, 6.07) is 7.77. The van der Waals surface area contributed by atoms with E-state index < -0.39 is 0 Å². The Labute approximate surface area is 140 Å². The molecule has 1 aliphatic heterocycles. The van der Waals surface area contributed by atoms with E-state index in [1.54, 1.807) is 18.2 Å². The number of hydrogen-bond acceptors (Lipinski definition) is 4. The fourth-order valence-electron chi connectivity index (χ4n) is 2.87. The summed E-state index contributed by atoms with van der Waals surface area (Å²) < 4.78 is 13.3. The van der Waals surface area contributed by atoms with Crippen molar-refractivity contribution in [2.24, 2.45) is 0 Å². The minimum Gasteiger partial charge on any atom is -0.337 e. The van der Waals surface area contributed by atoms with Gasteiger partial charge in [-0.05, 0) is 44.0 Å². The Morgan fingerprint density at radius 1 is 1.12 bits per heavy atom. The van der Waals surface area contributed by atoms with Crippen molar-refractivity contribution in [1.29, 1.82) is 0 Å². The molecule has 1 amide bonds. The SMILES string of the molecule is Cc1cc(C(=O)N2CCCCCC2)nc(Nc2cccc(F)c2)n1. The maximum absolute atomic E-state index is 13.3. The van der Waals surface area contributed by atoms with E-state index >= 15 is 0 Å². The average molecular weight is 328 g/mol. The first-order chi connectivity index (χ1) is 11.6. The standard InChI is InChI=1S/C18H21FN4O/c1-13-11-16(17(24)23-9-4-2-3-5-10-23)22-18(20-13)21-15-8-6-7-14(19)12-15/h6-8,11-12H,2-5,9-10H2,1H3,(H,20,21,22). The van der Waals surface area contributed by atoms with Crippen molar-refractivity contribution in [3.05, 3.63) is 47.5 Å². The summed E-state index contributed by atoms with van der Waals surface area (Å²) in [7, 11) is 0. The van der Waals surface area contributed by atoms with Crippen LogP contribution in [0.5, 0.6) is 0 Å². The van der Waals surface area contributed by atoms with Gasteiger partial charge < -0.3 is 10.2 Å². The highest BCUT2D eigenvalue weighted by molar-refractivity contribution is 5.92. The Balaban J connectivity index is 1.81. The quantitative estimate of drug-likeness (QED) is 0.934. The Morgan fingerprint density at radius 2 is 1.88 bits per heavy atom. The monoisotopic (exact) mass is 328 g/mol. The number of carbonyl (C=O) groups excluding carboxylic acids is 1. The molecule has 0 atom stereocenters. The molecule has 6 heteroatoms. The van der Waals surface area contributed by atoms with Crippen LogP contribution in [-0.2, 0) is 0 Å². The highest BCUT2D eigenvalue weighted by Gasteiger charge is 2.19. The lowest BCUT2D eigenvalue weighted by Gasteiger charge is -2.20. The summed E-state index contributed by atoms with van der Waals surface area (Å²) in [5, 5.41) is 2.96. The molecule has 1 fully saturated rings. The van der Waals surface area contributed by atoms with E-state index in [2.05, 4.69) is 15.3 Å².